The number of nitrogens with one attached hydrogen (secondary N) is 1. The molecule has 2 aromatic heterocycles. The second-order valence-electron chi connectivity index (χ2n) is 5.12. The van der Waals surface area contributed by atoms with Crippen LogP contribution >= 0.6 is 11.6 Å². The SMILES string of the molecule is Nc1nc(-c2cccc(F)c2)ncc1C(=O)NCc1ncccc1Cl. The number of aromatic nitrogens is 3. The normalized spacial score (nSPS) is 10.5. The lowest BCUT2D eigenvalue weighted by atomic mass is 10.2. The van der Waals surface area contributed by atoms with Gasteiger partial charge in [-0.05, 0) is 24.3 Å². The predicted octanol–water partition coefficient (Wildman–Crippen LogP) is 2.84. The molecule has 25 heavy (non-hydrogen) atoms. The maximum atomic E-state index is 13.3. The van der Waals surface area contributed by atoms with Crippen molar-refractivity contribution in [2.75, 3.05) is 5.73 Å². The number of rotatable bonds is 4. The average molecular weight is 358 g/mol. The minimum Gasteiger partial charge on any atom is -0.383 e. The number of nitrogens with zero attached hydrogens (tertiary/aromatic N) is 3. The van der Waals surface area contributed by atoms with Crippen molar-refractivity contribution in [1.29, 1.82) is 0 Å². The first-order valence-electron chi connectivity index (χ1n) is 7.30. The molecule has 0 atom stereocenters. The van der Waals surface area contributed by atoms with E-state index in [-0.39, 0.29) is 23.8 Å². The number of halogens is 2. The van der Waals surface area contributed by atoms with E-state index in [4.69, 9.17) is 17.3 Å². The first-order chi connectivity index (χ1) is 12.0. The number of nitrogen functional groups attached to an aromatic ring is 1. The van der Waals surface area contributed by atoms with Crippen molar-refractivity contribution in [2.24, 2.45) is 0 Å². The Kier molecular flexibility index (Phi) is 4.85. The van der Waals surface area contributed by atoms with Crippen LogP contribution in [0.3, 0.4) is 0 Å². The highest BCUT2D eigenvalue weighted by molar-refractivity contribution is 6.31. The molecule has 0 radical (unpaired) electrons. The van der Waals surface area contributed by atoms with Crippen LogP contribution in [0.15, 0.2) is 48.8 Å². The number of hydrogen-bond acceptors (Lipinski definition) is 5. The summed E-state index contributed by atoms with van der Waals surface area (Å²) >= 11 is 5.99. The van der Waals surface area contributed by atoms with Gasteiger partial charge in [-0.2, -0.15) is 0 Å². The summed E-state index contributed by atoms with van der Waals surface area (Å²) in [6.45, 7) is 0.142. The Morgan fingerprint density at radius 1 is 1.24 bits per heavy atom. The zero-order valence-corrected chi connectivity index (χ0v) is 13.7. The maximum absolute atomic E-state index is 13.3. The molecule has 3 rings (SSSR count). The molecule has 2 heterocycles. The Morgan fingerprint density at radius 2 is 2.08 bits per heavy atom. The Bertz CT molecular complexity index is 934. The van der Waals surface area contributed by atoms with E-state index in [0.29, 0.717) is 16.3 Å². The van der Waals surface area contributed by atoms with Crippen molar-refractivity contribution in [2.45, 2.75) is 6.54 Å². The highest BCUT2D eigenvalue weighted by atomic mass is 35.5. The van der Waals surface area contributed by atoms with Crippen LogP contribution in [0.2, 0.25) is 5.02 Å². The lowest BCUT2D eigenvalue weighted by molar-refractivity contribution is 0.0950. The summed E-state index contributed by atoms with van der Waals surface area (Å²) in [5.74, 6) is -0.626. The largest absolute Gasteiger partial charge is 0.383 e. The van der Waals surface area contributed by atoms with Gasteiger partial charge in [0.25, 0.3) is 5.91 Å². The van der Waals surface area contributed by atoms with Crippen LogP contribution in [0, 0.1) is 5.82 Å². The van der Waals surface area contributed by atoms with Gasteiger partial charge in [0.15, 0.2) is 5.82 Å². The van der Waals surface area contributed by atoms with Gasteiger partial charge in [-0.1, -0.05) is 23.7 Å². The van der Waals surface area contributed by atoms with Crippen molar-refractivity contribution < 1.29 is 9.18 Å². The molecule has 0 spiro atoms. The van der Waals surface area contributed by atoms with E-state index >= 15 is 0 Å². The van der Waals surface area contributed by atoms with Crippen LogP contribution in [0.5, 0.6) is 0 Å². The van der Waals surface area contributed by atoms with Crippen LogP contribution in [-0.2, 0) is 6.54 Å². The Balaban J connectivity index is 1.76. The molecule has 0 bridgehead atoms. The van der Waals surface area contributed by atoms with Crippen molar-refractivity contribution in [3.05, 3.63) is 70.9 Å². The molecule has 8 heteroatoms. The van der Waals surface area contributed by atoms with Gasteiger partial charge >= 0.3 is 0 Å². The number of nitrogens with two attached hydrogens (primary N) is 1. The fourth-order valence-corrected chi connectivity index (χ4v) is 2.33. The molecule has 0 fully saturated rings. The van der Waals surface area contributed by atoms with Gasteiger partial charge in [0.2, 0.25) is 0 Å². The summed E-state index contributed by atoms with van der Waals surface area (Å²) in [5.41, 5.74) is 6.97. The lowest BCUT2D eigenvalue weighted by Gasteiger charge is -2.08. The van der Waals surface area contributed by atoms with E-state index in [9.17, 15) is 9.18 Å². The molecular formula is C17H13ClFN5O. The number of pyridine rings is 1. The van der Waals surface area contributed by atoms with E-state index in [0.717, 1.165) is 0 Å². The molecule has 0 aliphatic heterocycles. The van der Waals surface area contributed by atoms with Gasteiger partial charge < -0.3 is 11.1 Å². The fraction of sp³-hybridized carbons (Fsp3) is 0.0588. The highest BCUT2D eigenvalue weighted by Crippen LogP contribution is 2.19. The maximum Gasteiger partial charge on any atom is 0.256 e. The van der Waals surface area contributed by atoms with Gasteiger partial charge in [0.1, 0.15) is 11.6 Å². The van der Waals surface area contributed by atoms with Gasteiger partial charge in [-0.3, -0.25) is 9.78 Å². The second-order valence-corrected chi connectivity index (χ2v) is 5.52. The van der Waals surface area contributed by atoms with Crippen LogP contribution in [0.1, 0.15) is 16.1 Å². The van der Waals surface area contributed by atoms with Gasteiger partial charge in [-0.15, -0.1) is 0 Å². The molecule has 126 valence electrons. The van der Waals surface area contributed by atoms with Gasteiger partial charge in [0, 0.05) is 18.0 Å². The monoisotopic (exact) mass is 357 g/mol. The molecule has 0 aliphatic carbocycles. The summed E-state index contributed by atoms with van der Waals surface area (Å²) in [7, 11) is 0. The number of carbonyl (C=O) groups is 1. The zero-order chi connectivity index (χ0) is 17.8. The second kappa shape index (κ2) is 7.23. The smallest absolute Gasteiger partial charge is 0.256 e. The first kappa shape index (κ1) is 16.8. The van der Waals surface area contributed by atoms with Crippen molar-refractivity contribution in [3.8, 4) is 11.4 Å². The van der Waals surface area contributed by atoms with Gasteiger partial charge in [-0.25, -0.2) is 14.4 Å². The average Bonchev–Trinajstić information content (AvgIpc) is 2.60. The molecular weight excluding hydrogens is 345 g/mol. The summed E-state index contributed by atoms with van der Waals surface area (Å²) < 4.78 is 13.3. The van der Waals surface area contributed by atoms with E-state index < -0.39 is 11.7 Å². The van der Waals surface area contributed by atoms with Crippen LogP contribution in [0.4, 0.5) is 10.2 Å². The third-order valence-electron chi connectivity index (χ3n) is 3.40. The number of anilines is 1. The number of amides is 1. The van der Waals surface area contributed by atoms with E-state index in [2.05, 4.69) is 20.3 Å². The lowest BCUT2D eigenvalue weighted by Crippen LogP contribution is -2.25. The Labute approximate surface area is 147 Å². The Morgan fingerprint density at radius 3 is 2.80 bits per heavy atom. The third kappa shape index (κ3) is 3.89. The molecule has 6 nitrogen and oxygen atoms in total. The third-order valence-corrected chi connectivity index (χ3v) is 3.74. The Hall–Kier alpha value is -3.06. The van der Waals surface area contributed by atoms with Gasteiger partial charge in [0.05, 0.1) is 22.8 Å². The summed E-state index contributed by atoms with van der Waals surface area (Å²) in [4.78, 5) is 24.5. The van der Waals surface area contributed by atoms with E-state index in [1.807, 2.05) is 0 Å². The number of benzene rings is 1. The molecule has 1 aromatic carbocycles. The minimum absolute atomic E-state index is 0.00104. The van der Waals surface area contributed by atoms with E-state index in [1.54, 1.807) is 30.5 Å². The van der Waals surface area contributed by atoms with E-state index in [1.165, 1.54) is 18.3 Å². The van der Waals surface area contributed by atoms with Crippen LogP contribution in [0.25, 0.3) is 11.4 Å². The minimum atomic E-state index is -0.454. The van der Waals surface area contributed by atoms with Crippen LogP contribution in [-0.4, -0.2) is 20.9 Å². The topological polar surface area (TPSA) is 93.8 Å². The molecule has 3 N–H and O–H groups in total. The molecule has 0 saturated carbocycles. The van der Waals surface area contributed by atoms with Crippen molar-refractivity contribution in [3.63, 3.8) is 0 Å². The number of hydrogen-bond donors (Lipinski definition) is 2. The highest BCUT2D eigenvalue weighted by Gasteiger charge is 2.14. The standard InChI is InChI=1S/C17H13ClFN5O/c18-13-5-2-6-21-14(13)9-23-17(25)12-8-22-16(24-15(12)20)10-3-1-4-11(19)7-10/h1-8H,9H2,(H,23,25)(H2,20,22,24). The summed E-state index contributed by atoms with van der Waals surface area (Å²) in [5, 5.41) is 3.11. The summed E-state index contributed by atoms with van der Waals surface area (Å²) in [6.07, 6.45) is 2.89. The van der Waals surface area contributed by atoms with Crippen LogP contribution < -0.4 is 11.1 Å². The number of carbonyl (C=O) groups excluding carboxylic acids is 1. The predicted molar refractivity (Wildman–Crippen MR) is 92.3 cm³/mol. The molecule has 0 unspecified atom stereocenters. The molecule has 0 saturated heterocycles. The molecule has 3 aromatic rings. The first-order valence-corrected chi connectivity index (χ1v) is 7.68. The quantitative estimate of drug-likeness (QED) is 0.748. The fourth-order valence-electron chi connectivity index (χ4n) is 2.14. The van der Waals surface area contributed by atoms with Crippen molar-refractivity contribution >= 4 is 23.3 Å². The zero-order valence-electron chi connectivity index (χ0n) is 12.9. The molecule has 1 amide bonds. The van der Waals surface area contributed by atoms with Crippen molar-refractivity contribution in [1.82, 2.24) is 20.3 Å². The summed E-state index contributed by atoms with van der Waals surface area (Å²) in [6, 6.07) is 9.18. The molecule has 0 aliphatic rings.